The van der Waals surface area contributed by atoms with Gasteiger partial charge in [-0.1, -0.05) is 30.3 Å². The summed E-state index contributed by atoms with van der Waals surface area (Å²) in [7, 11) is 1.85. The highest BCUT2D eigenvalue weighted by Crippen LogP contribution is 2.22. The lowest BCUT2D eigenvalue weighted by atomic mass is 10.2. The normalized spacial score (nSPS) is 10.6. The highest BCUT2D eigenvalue weighted by atomic mass is 32.1. The van der Waals surface area contributed by atoms with Gasteiger partial charge < -0.3 is 4.90 Å². The van der Waals surface area contributed by atoms with Crippen molar-refractivity contribution in [1.82, 2.24) is 14.9 Å². The predicted octanol–water partition coefficient (Wildman–Crippen LogP) is 3.75. The molecule has 0 fully saturated rings. The molecule has 0 saturated carbocycles. The van der Waals surface area contributed by atoms with Crippen LogP contribution in [0.25, 0.3) is 0 Å². The van der Waals surface area contributed by atoms with Gasteiger partial charge in [-0.25, -0.2) is 4.98 Å². The third-order valence-corrected chi connectivity index (χ3v) is 5.21. The average molecular weight is 351 g/mol. The summed E-state index contributed by atoms with van der Waals surface area (Å²) in [6.45, 7) is 2.59. The van der Waals surface area contributed by atoms with Gasteiger partial charge in [0, 0.05) is 32.4 Å². The van der Waals surface area contributed by atoms with Gasteiger partial charge in [0.05, 0.1) is 10.7 Å². The maximum absolute atomic E-state index is 12.7. The molecule has 2 heterocycles. The van der Waals surface area contributed by atoms with Crippen LogP contribution in [-0.2, 0) is 12.8 Å². The van der Waals surface area contributed by atoms with Crippen LogP contribution in [0, 0.1) is 6.92 Å². The zero-order valence-corrected chi connectivity index (χ0v) is 15.3. The molecule has 0 atom stereocenters. The summed E-state index contributed by atoms with van der Waals surface area (Å²) in [5, 5.41) is 0.981. The van der Waals surface area contributed by atoms with E-state index in [2.05, 4.69) is 22.1 Å². The summed E-state index contributed by atoms with van der Waals surface area (Å²) in [6, 6.07) is 14.2. The smallest absolute Gasteiger partial charge is 0.265 e. The van der Waals surface area contributed by atoms with Crippen LogP contribution in [0.3, 0.4) is 0 Å². The molecule has 2 aromatic heterocycles. The Labute approximate surface area is 152 Å². The van der Waals surface area contributed by atoms with Crippen molar-refractivity contribution in [3.8, 4) is 0 Å². The summed E-state index contributed by atoms with van der Waals surface area (Å²) in [4.78, 5) is 23.9. The lowest BCUT2D eigenvalue weighted by molar-refractivity contribution is 0.0800. The number of aromatic nitrogens is 2. The van der Waals surface area contributed by atoms with Crippen LogP contribution in [0.4, 0.5) is 0 Å². The minimum absolute atomic E-state index is 0.0448. The SMILES string of the molecule is Cc1nc(Cc2ccccc2)sc1C(=O)N(C)CCc1ccncc1. The molecule has 1 aromatic carbocycles. The van der Waals surface area contributed by atoms with E-state index in [1.807, 2.05) is 44.3 Å². The van der Waals surface area contributed by atoms with Crippen molar-refractivity contribution in [1.29, 1.82) is 0 Å². The van der Waals surface area contributed by atoms with Crippen molar-refractivity contribution in [2.24, 2.45) is 0 Å². The molecule has 0 aliphatic heterocycles. The van der Waals surface area contributed by atoms with Crippen LogP contribution < -0.4 is 0 Å². The molecule has 3 aromatic rings. The fraction of sp³-hybridized carbons (Fsp3) is 0.250. The van der Waals surface area contributed by atoms with E-state index in [9.17, 15) is 4.79 Å². The van der Waals surface area contributed by atoms with E-state index in [-0.39, 0.29) is 5.91 Å². The topological polar surface area (TPSA) is 46.1 Å². The Hall–Kier alpha value is -2.53. The number of nitrogens with zero attached hydrogens (tertiary/aromatic N) is 3. The van der Waals surface area contributed by atoms with E-state index < -0.39 is 0 Å². The summed E-state index contributed by atoms with van der Waals surface area (Å²) < 4.78 is 0. The molecule has 1 amide bonds. The van der Waals surface area contributed by atoms with Crippen LogP contribution in [-0.4, -0.2) is 34.4 Å². The quantitative estimate of drug-likeness (QED) is 0.679. The molecule has 4 nitrogen and oxygen atoms in total. The number of carbonyl (C=O) groups is 1. The summed E-state index contributed by atoms with van der Waals surface area (Å²) in [5.74, 6) is 0.0448. The number of aryl methyl sites for hydroxylation is 1. The van der Waals surface area contributed by atoms with Crippen LogP contribution >= 0.6 is 11.3 Å². The first kappa shape index (κ1) is 17.3. The Morgan fingerprint density at radius 1 is 1.08 bits per heavy atom. The van der Waals surface area contributed by atoms with Gasteiger partial charge in [0.2, 0.25) is 0 Å². The molecule has 0 aliphatic carbocycles. The van der Waals surface area contributed by atoms with Crippen LogP contribution in [0.15, 0.2) is 54.9 Å². The van der Waals surface area contributed by atoms with Crippen LogP contribution in [0.5, 0.6) is 0 Å². The highest BCUT2D eigenvalue weighted by Gasteiger charge is 2.19. The number of likely N-dealkylation sites (N-methyl/N-ethyl adjacent to an activating group) is 1. The first-order chi connectivity index (χ1) is 12.1. The van der Waals surface area contributed by atoms with Crippen LogP contribution in [0.2, 0.25) is 0 Å². The maximum atomic E-state index is 12.7. The zero-order chi connectivity index (χ0) is 17.6. The lowest BCUT2D eigenvalue weighted by Gasteiger charge is -2.16. The van der Waals surface area contributed by atoms with Gasteiger partial charge in [-0.3, -0.25) is 9.78 Å². The molecule has 3 rings (SSSR count). The fourth-order valence-electron chi connectivity index (χ4n) is 2.62. The fourth-order valence-corrected chi connectivity index (χ4v) is 3.71. The standard InChI is InChI=1S/C20H21N3OS/c1-15-19(25-18(22-15)14-17-6-4-3-5-7-17)20(24)23(2)13-10-16-8-11-21-12-9-16/h3-9,11-12H,10,13-14H2,1-2H3. The van der Waals surface area contributed by atoms with Gasteiger partial charge in [-0.05, 0) is 36.6 Å². The monoisotopic (exact) mass is 351 g/mol. The van der Waals surface area contributed by atoms with Crippen molar-refractivity contribution in [2.75, 3.05) is 13.6 Å². The van der Waals surface area contributed by atoms with Crippen molar-refractivity contribution in [3.63, 3.8) is 0 Å². The van der Waals surface area contributed by atoms with Gasteiger partial charge in [-0.15, -0.1) is 11.3 Å². The first-order valence-electron chi connectivity index (χ1n) is 8.28. The molecule has 0 radical (unpaired) electrons. The van der Waals surface area contributed by atoms with Gasteiger partial charge in [-0.2, -0.15) is 0 Å². The lowest BCUT2D eigenvalue weighted by Crippen LogP contribution is -2.28. The van der Waals surface area contributed by atoms with Gasteiger partial charge in [0.25, 0.3) is 5.91 Å². The minimum atomic E-state index is 0.0448. The molecular weight excluding hydrogens is 330 g/mol. The summed E-state index contributed by atoms with van der Waals surface area (Å²) >= 11 is 1.50. The third kappa shape index (κ3) is 4.51. The molecule has 0 bridgehead atoms. The Morgan fingerprint density at radius 3 is 2.52 bits per heavy atom. The van der Waals surface area contributed by atoms with Gasteiger partial charge in [0.15, 0.2) is 0 Å². The van der Waals surface area contributed by atoms with E-state index in [0.717, 1.165) is 28.4 Å². The first-order valence-corrected chi connectivity index (χ1v) is 9.09. The van der Waals surface area contributed by atoms with Crippen molar-refractivity contribution < 1.29 is 4.79 Å². The maximum Gasteiger partial charge on any atom is 0.265 e. The Bertz CT molecular complexity index is 831. The third-order valence-electron chi connectivity index (χ3n) is 4.07. The number of thiazole rings is 1. The van der Waals surface area contributed by atoms with Crippen molar-refractivity contribution in [2.45, 2.75) is 19.8 Å². The number of pyridine rings is 1. The van der Waals surface area contributed by atoms with E-state index in [4.69, 9.17) is 0 Å². The molecule has 128 valence electrons. The minimum Gasteiger partial charge on any atom is -0.341 e. The second kappa shape index (κ2) is 8.03. The molecule has 0 N–H and O–H groups in total. The number of rotatable bonds is 6. The molecule has 0 unspecified atom stereocenters. The predicted molar refractivity (Wildman–Crippen MR) is 101 cm³/mol. The Balaban J connectivity index is 1.65. The van der Waals surface area contributed by atoms with Crippen molar-refractivity contribution >= 4 is 17.2 Å². The number of amides is 1. The highest BCUT2D eigenvalue weighted by molar-refractivity contribution is 7.13. The number of carbonyl (C=O) groups excluding carboxylic acids is 1. The van der Waals surface area contributed by atoms with E-state index in [1.54, 1.807) is 17.3 Å². The summed E-state index contributed by atoms with van der Waals surface area (Å²) in [6.07, 6.45) is 5.14. The molecule has 0 spiro atoms. The second-order valence-corrected chi connectivity index (χ2v) is 7.10. The van der Waals surface area contributed by atoms with Crippen molar-refractivity contribution in [3.05, 3.63) is 81.6 Å². The number of hydrogen-bond acceptors (Lipinski definition) is 4. The van der Waals surface area contributed by atoms with Gasteiger partial charge in [0.1, 0.15) is 4.88 Å². The van der Waals surface area contributed by atoms with E-state index in [1.165, 1.54) is 22.5 Å². The molecule has 0 saturated heterocycles. The van der Waals surface area contributed by atoms with E-state index >= 15 is 0 Å². The average Bonchev–Trinajstić information content (AvgIpc) is 3.01. The molecule has 0 aliphatic rings. The molecule has 5 heteroatoms. The number of hydrogen-bond donors (Lipinski definition) is 0. The van der Waals surface area contributed by atoms with E-state index in [0.29, 0.717) is 6.54 Å². The van der Waals surface area contributed by atoms with Crippen LogP contribution in [0.1, 0.15) is 31.5 Å². The molecular formula is C20H21N3OS. The summed E-state index contributed by atoms with van der Waals surface area (Å²) in [5.41, 5.74) is 3.21. The molecule has 25 heavy (non-hydrogen) atoms. The Kier molecular flexibility index (Phi) is 5.56. The zero-order valence-electron chi connectivity index (χ0n) is 14.5. The largest absolute Gasteiger partial charge is 0.341 e. The number of benzene rings is 1. The van der Waals surface area contributed by atoms with Gasteiger partial charge >= 0.3 is 0 Å². The Morgan fingerprint density at radius 2 is 1.80 bits per heavy atom. The second-order valence-electron chi connectivity index (χ2n) is 6.02.